The van der Waals surface area contributed by atoms with Gasteiger partial charge >= 0.3 is 0 Å². The van der Waals surface area contributed by atoms with Gasteiger partial charge in [-0.2, -0.15) is 0 Å². The molecule has 0 heterocycles. The van der Waals surface area contributed by atoms with Crippen molar-refractivity contribution in [3.8, 4) is 0 Å². The largest absolute Gasteiger partial charge is 0.342 e. The van der Waals surface area contributed by atoms with Gasteiger partial charge in [0.15, 0.2) is 9.84 Å². The van der Waals surface area contributed by atoms with Crippen LogP contribution in [0.1, 0.15) is 78.6 Å². The SMILES string of the molecule is CC(C(=O)N(C)C1CCCCC1)S(=O)(=O)C1CCC(C)(C)CC1. The standard InChI is InChI=1S/C18H33NO3S/c1-14(17(20)19(4)15-8-6-5-7-9-15)23(21,22)16-10-12-18(2,3)13-11-16/h14-16H,5-13H2,1-4H3. The van der Waals surface area contributed by atoms with E-state index in [0.717, 1.165) is 38.5 Å². The van der Waals surface area contributed by atoms with Crippen LogP contribution in [0.15, 0.2) is 0 Å². The molecule has 0 aliphatic heterocycles. The Labute approximate surface area is 141 Å². The maximum absolute atomic E-state index is 12.9. The Morgan fingerprint density at radius 1 is 1.04 bits per heavy atom. The molecule has 1 atom stereocenters. The van der Waals surface area contributed by atoms with Crippen LogP contribution in [0.2, 0.25) is 0 Å². The van der Waals surface area contributed by atoms with Crippen molar-refractivity contribution in [2.45, 2.75) is 95.1 Å². The van der Waals surface area contributed by atoms with Gasteiger partial charge < -0.3 is 4.90 Å². The van der Waals surface area contributed by atoms with Gasteiger partial charge in [0.25, 0.3) is 0 Å². The van der Waals surface area contributed by atoms with Crippen LogP contribution in [0.5, 0.6) is 0 Å². The van der Waals surface area contributed by atoms with Crippen LogP contribution in [0.4, 0.5) is 0 Å². The summed E-state index contributed by atoms with van der Waals surface area (Å²) in [7, 11) is -1.60. The van der Waals surface area contributed by atoms with Crippen LogP contribution in [-0.4, -0.2) is 42.8 Å². The summed E-state index contributed by atoms with van der Waals surface area (Å²) in [6, 6.07) is 0.221. The highest BCUT2D eigenvalue weighted by Crippen LogP contribution is 2.38. The third kappa shape index (κ3) is 4.28. The molecule has 0 N–H and O–H groups in total. The lowest BCUT2D eigenvalue weighted by Crippen LogP contribution is -2.48. The average Bonchev–Trinajstić information content (AvgIpc) is 2.53. The fourth-order valence-corrected chi connectivity index (χ4v) is 5.98. The maximum Gasteiger partial charge on any atom is 0.240 e. The zero-order valence-corrected chi connectivity index (χ0v) is 16.0. The van der Waals surface area contributed by atoms with Gasteiger partial charge in [0.2, 0.25) is 5.91 Å². The number of nitrogens with zero attached hydrogens (tertiary/aromatic N) is 1. The Morgan fingerprint density at radius 2 is 1.57 bits per heavy atom. The van der Waals surface area contributed by atoms with Crippen LogP contribution >= 0.6 is 0 Å². The molecule has 2 fully saturated rings. The summed E-state index contributed by atoms with van der Waals surface area (Å²) in [5.74, 6) is -0.207. The summed E-state index contributed by atoms with van der Waals surface area (Å²) in [6.45, 7) is 5.99. The summed E-state index contributed by atoms with van der Waals surface area (Å²) >= 11 is 0. The van der Waals surface area contributed by atoms with E-state index in [2.05, 4.69) is 13.8 Å². The van der Waals surface area contributed by atoms with Crippen molar-refractivity contribution < 1.29 is 13.2 Å². The molecule has 2 saturated carbocycles. The number of hydrogen-bond acceptors (Lipinski definition) is 3. The Balaban J connectivity index is 2.02. The van der Waals surface area contributed by atoms with Crippen molar-refractivity contribution >= 4 is 15.7 Å². The number of rotatable bonds is 4. The van der Waals surface area contributed by atoms with E-state index >= 15 is 0 Å². The lowest BCUT2D eigenvalue weighted by atomic mass is 9.77. The van der Waals surface area contributed by atoms with Crippen molar-refractivity contribution in [3.05, 3.63) is 0 Å². The average molecular weight is 344 g/mol. The summed E-state index contributed by atoms with van der Waals surface area (Å²) in [4.78, 5) is 14.4. The predicted octanol–water partition coefficient (Wildman–Crippen LogP) is 3.55. The van der Waals surface area contributed by atoms with Gasteiger partial charge in [0.1, 0.15) is 5.25 Å². The number of carbonyl (C=O) groups excluding carboxylic acids is 1. The number of carbonyl (C=O) groups is 1. The highest BCUT2D eigenvalue weighted by molar-refractivity contribution is 7.93. The first-order valence-electron chi connectivity index (χ1n) is 9.14. The first kappa shape index (κ1) is 18.8. The van der Waals surface area contributed by atoms with E-state index in [1.54, 1.807) is 18.9 Å². The zero-order valence-electron chi connectivity index (χ0n) is 15.2. The lowest BCUT2D eigenvalue weighted by Gasteiger charge is -2.36. The van der Waals surface area contributed by atoms with Crippen molar-refractivity contribution in [1.82, 2.24) is 4.90 Å². The molecule has 0 aromatic carbocycles. The Hall–Kier alpha value is -0.580. The second kappa shape index (κ2) is 7.12. The molecule has 0 aromatic heterocycles. The first-order valence-corrected chi connectivity index (χ1v) is 10.8. The van der Waals surface area contributed by atoms with Gasteiger partial charge in [0.05, 0.1) is 5.25 Å². The number of sulfone groups is 1. The quantitative estimate of drug-likeness (QED) is 0.784. The van der Waals surface area contributed by atoms with Crippen molar-refractivity contribution in [1.29, 1.82) is 0 Å². The van der Waals surface area contributed by atoms with E-state index in [1.807, 2.05) is 0 Å². The molecule has 23 heavy (non-hydrogen) atoms. The van der Waals surface area contributed by atoms with Gasteiger partial charge in [-0.25, -0.2) is 8.42 Å². The number of amides is 1. The van der Waals surface area contributed by atoms with Crippen LogP contribution in [0, 0.1) is 5.41 Å². The molecule has 0 aromatic rings. The molecule has 0 bridgehead atoms. The minimum Gasteiger partial charge on any atom is -0.342 e. The molecule has 0 spiro atoms. The second-order valence-corrected chi connectivity index (χ2v) is 10.9. The Kier molecular flexibility index (Phi) is 5.81. The summed E-state index contributed by atoms with van der Waals surface area (Å²) in [5, 5.41) is -1.24. The zero-order chi connectivity index (χ0) is 17.3. The minimum absolute atomic E-state index is 0.207. The smallest absolute Gasteiger partial charge is 0.240 e. The topological polar surface area (TPSA) is 54.5 Å². The molecular formula is C18H33NO3S. The number of hydrogen-bond donors (Lipinski definition) is 0. The Morgan fingerprint density at radius 3 is 2.09 bits per heavy atom. The predicted molar refractivity (Wildman–Crippen MR) is 94.1 cm³/mol. The molecule has 1 unspecified atom stereocenters. The molecule has 134 valence electrons. The summed E-state index contributed by atoms with van der Waals surface area (Å²) in [5.41, 5.74) is 0.234. The van der Waals surface area contributed by atoms with Crippen LogP contribution in [0.3, 0.4) is 0 Å². The van der Waals surface area contributed by atoms with Crippen molar-refractivity contribution in [2.75, 3.05) is 7.05 Å². The highest BCUT2D eigenvalue weighted by Gasteiger charge is 2.41. The minimum atomic E-state index is -3.39. The molecule has 1 amide bonds. The van der Waals surface area contributed by atoms with E-state index in [9.17, 15) is 13.2 Å². The van der Waals surface area contributed by atoms with Gasteiger partial charge in [-0.05, 0) is 50.9 Å². The van der Waals surface area contributed by atoms with E-state index < -0.39 is 15.1 Å². The van der Waals surface area contributed by atoms with Gasteiger partial charge in [-0.15, -0.1) is 0 Å². The third-order valence-electron chi connectivity index (χ3n) is 6.06. The molecule has 0 saturated heterocycles. The van der Waals surface area contributed by atoms with E-state index in [4.69, 9.17) is 0 Å². The monoisotopic (exact) mass is 343 g/mol. The molecular weight excluding hydrogens is 310 g/mol. The second-order valence-electron chi connectivity index (χ2n) is 8.34. The van der Waals surface area contributed by atoms with Gasteiger partial charge in [0, 0.05) is 13.1 Å². The lowest BCUT2D eigenvalue weighted by molar-refractivity contribution is -0.131. The Bertz CT molecular complexity index is 510. The third-order valence-corrected chi connectivity index (χ3v) is 8.65. The fourth-order valence-electron chi connectivity index (χ4n) is 4.07. The molecule has 2 aliphatic carbocycles. The van der Waals surface area contributed by atoms with Crippen molar-refractivity contribution in [2.24, 2.45) is 5.41 Å². The van der Waals surface area contributed by atoms with Gasteiger partial charge in [-0.1, -0.05) is 33.1 Å². The van der Waals surface area contributed by atoms with Crippen LogP contribution < -0.4 is 0 Å². The summed E-state index contributed by atoms with van der Waals surface area (Å²) in [6.07, 6.45) is 8.76. The first-order chi connectivity index (χ1) is 10.6. The van der Waals surface area contributed by atoms with E-state index in [1.165, 1.54) is 6.42 Å². The molecule has 4 nitrogen and oxygen atoms in total. The van der Waals surface area contributed by atoms with Gasteiger partial charge in [-0.3, -0.25) is 4.79 Å². The summed E-state index contributed by atoms with van der Waals surface area (Å²) < 4.78 is 25.8. The van der Waals surface area contributed by atoms with E-state index in [0.29, 0.717) is 12.8 Å². The highest BCUT2D eigenvalue weighted by atomic mass is 32.2. The van der Waals surface area contributed by atoms with Crippen LogP contribution in [-0.2, 0) is 14.6 Å². The molecule has 5 heteroatoms. The van der Waals surface area contributed by atoms with E-state index in [-0.39, 0.29) is 22.6 Å². The molecule has 2 rings (SSSR count). The maximum atomic E-state index is 12.9. The molecule has 0 radical (unpaired) electrons. The van der Waals surface area contributed by atoms with Crippen LogP contribution in [0.25, 0.3) is 0 Å². The fraction of sp³-hybridized carbons (Fsp3) is 0.944. The van der Waals surface area contributed by atoms with Crippen molar-refractivity contribution in [3.63, 3.8) is 0 Å². The normalized spacial score (nSPS) is 25.0. The molecule has 2 aliphatic rings.